The number of aromatic amines is 1. The number of carbonyl (C=O) groups excluding carboxylic acids is 1. The van der Waals surface area contributed by atoms with Crippen LogP contribution in [0.25, 0.3) is 0 Å². The molecule has 0 saturated carbocycles. The van der Waals surface area contributed by atoms with E-state index in [9.17, 15) is 4.79 Å². The van der Waals surface area contributed by atoms with Crippen molar-refractivity contribution in [2.45, 2.75) is 5.25 Å². The highest BCUT2D eigenvalue weighted by atomic mass is 32.2. The lowest BCUT2D eigenvalue weighted by Crippen LogP contribution is -2.12. The summed E-state index contributed by atoms with van der Waals surface area (Å²) in [6, 6.07) is 7.85. The first-order valence-electron chi connectivity index (χ1n) is 5.87. The van der Waals surface area contributed by atoms with Crippen molar-refractivity contribution in [1.29, 1.82) is 0 Å². The molecule has 1 aliphatic heterocycles. The summed E-state index contributed by atoms with van der Waals surface area (Å²) in [5.41, 5.74) is 2.02. The van der Waals surface area contributed by atoms with Gasteiger partial charge in [-0.2, -0.15) is 5.10 Å². The minimum atomic E-state index is -0.0205. The minimum absolute atomic E-state index is 0.0205. The normalized spacial score (nSPS) is 18.4. The highest BCUT2D eigenvalue weighted by Gasteiger charge is 2.27. The predicted molar refractivity (Wildman–Crippen MR) is 74.5 cm³/mol. The second-order valence-corrected chi connectivity index (χ2v) is 5.27. The third-order valence-corrected chi connectivity index (χ3v) is 4.29. The Kier molecular flexibility index (Phi) is 3.16. The largest absolute Gasteiger partial charge is 0.496 e. The summed E-state index contributed by atoms with van der Waals surface area (Å²) in [5, 5.41) is 9.70. The van der Waals surface area contributed by atoms with Crippen molar-refractivity contribution in [2.75, 3.05) is 18.2 Å². The lowest BCUT2D eigenvalue weighted by Gasteiger charge is -2.16. The zero-order valence-corrected chi connectivity index (χ0v) is 11.2. The zero-order chi connectivity index (χ0) is 13.2. The average Bonchev–Trinajstić information content (AvgIpc) is 2.81. The van der Waals surface area contributed by atoms with Crippen LogP contribution >= 0.6 is 11.8 Å². The Morgan fingerprint density at radius 1 is 1.37 bits per heavy atom. The Hall–Kier alpha value is -1.95. The molecule has 0 unspecified atom stereocenters. The first-order valence-corrected chi connectivity index (χ1v) is 6.92. The van der Waals surface area contributed by atoms with Crippen molar-refractivity contribution in [3.63, 3.8) is 0 Å². The summed E-state index contributed by atoms with van der Waals surface area (Å²) in [6.07, 6.45) is 1.76. The number of carbonyl (C=O) groups is 1. The van der Waals surface area contributed by atoms with Gasteiger partial charge >= 0.3 is 0 Å². The summed E-state index contributed by atoms with van der Waals surface area (Å²) in [4.78, 5) is 11.7. The van der Waals surface area contributed by atoms with Crippen LogP contribution in [-0.4, -0.2) is 29.0 Å². The van der Waals surface area contributed by atoms with Crippen LogP contribution in [0, 0.1) is 0 Å². The van der Waals surface area contributed by atoms with Crippen LogP contribution < -0.4 is 10.1 Å². The van der Waals surface area contributed by atoms with Gasteiger partial charge in [0.25, 0.3) is 0 Å². The van der Waals surface area contributed by atoms with E-state index in [0.29, 0.717) is 11.6 Å². The van der Waals surface area contributed by atoms with Gasteiger partial charge in [-0.25, -0.2) is 0 Å². The highest BCUT2D eigenvalue weighted by molar-refractivity contribution is 8.00. The summed E-state index contributed by atoms with van der Waals surface area (Å²) < 4.78 is 5.41. The van der Waals surface area contributed by atoms with Crippen molar-refractivity contribution in [2.24, 2.45) is 0 Å². The molecule has 0 radical (unpaired) electrons. The van der Waals surface area contributed by atoms with E-state index in [4.69, 9.17) is 4.74 Å². The van der Waals surface area contributed by atoms with Gasteiger partial charge in [0.05, 0.1) is 24.3 Å². The fourth-order valence-electron chi connectivity index (χ4n) is 2.16. The third kappa shape index (κ3) is 2.19. The van der Waals surface area contributed by atoms with Crippen LogP contribution in [0.1, 0.15) is 16.4 Å². The molecule has 0 saturated heterocycles. The van der Waals surface area contributed by atoms with E-state index in [0.717, 1.165) is 16.9 Å². The number of benzene rings is 1. The maximum Gasteiger partial charge on any atom is 0.235 e. The van der Waals surface area contributed by atoms with Crippen LogP contribution in [0.2, 0.25) is 0 Å². The number of H-pyrrole nitrogens is 1. The summed E-state index contributed by atoms with van der Waals surface area (Å²) >= 11 is 1.57. The zero-order valence-electron chi connectivity index (χ0n) is 10.3. The quantitative estimate of drug-likeness (QED) is 0.881. The van der Waals surface area contributed by atoms with E-state index in [2.05, 4.69) is 15.5 Å². The van der Waals surface area contributed by atoms with E-state index in [-0.39, 0.29) is 11.2 Å². The number of nitrogens with zero attached hydrogens (tertiary/aromatic N) is 1. The van der Waals surface area contributed by atoms with Crippen LogP contribution in [0.5, 0.6) is 5.75 Å². The molecule has 1 aromatic heterocycles. The van der Waals surface area contributed by atoms with Crippen molar-refractivity contribution in [3.05, 3.63) is 41.6 Å². The molecule has 5 nitrogen and oxygen atoms in total. The number of ether oxygens (including phenoxy) is 1. The molecule has 2 heterocycles. The predicted octanol–water partition coefficient (Wildman–Crippen LogP) is 2.19. The van der Waals surface area contributed by atoms with Gasteiger partial charge in [-0.15, -0.1) is 11.8 Å². The maximum absolute atomic E-state index is 11.7. The molecule has 98 valence electrons. The van der Waals surface area contributed by atoms with E-state index in [1.807, 2.05) is 24.3 Å². The molecule has 0 bridgehead atoms. The van der Waals surface area contributed by atoms with Gasteiger partial charge < -0.3 is 10.1 Å². The van der Waals surface area contributed by atoms with E-state index < -0.39 is 0 Å². The van der Waals surface area contributed by atoms with Crippen LogP contribution in [0.3, 0.4) is 0 Å². The molecule has 2 N–H and O–H groups in total. The minimum Gasteiger partial charge on any atom is -0.496 e. The number of hydrogen-bond donors (Lipinski definition) is 2. The van der Waals surface area contributed by atoms with Gasteiger partial charge in [-0.05, 0) is 6.07 Å². The fraction of sp³-hybridized carbons (Fsp3) is 0.231. The average molecular weight is 275 g/mol. The molecule has 0 fully saturated rings. The second-order valence-electron chi connectivity index (χ2n) is 4.18. The molecule has 2 aromatic rings. The summed E-state index contributed by atoms with van der Waals surface area (Å²) in [7, 11) is 1.65. The number of rotatable bonds is 2. The molecule has 0 aliphatic carbocycles. The number of para-hydroxylation sites is 1. The van der Waals surface area contributed by atoms with Gasteiger partial charge in [0, 0.05) is 11.1 Å². The van der Waals surface area contributed by atoms with Crippen LogP contribution in [0.15, 0.2) is 30.5 Å². The van der Waals surface area contributed by atoms with Crippen LogP contribution in [-0.2, 0) is 4.79 Å². The number of methoxy groups -OCH3 is 1. The fourth-order valence-corrected chi connectivity index (χ4v) is 3.28. The van der Waals surface area contributed by atoms with E-state index in [1.165, 1.54) is 0 Å². The summed E-state index contributed by atoms with van der Waals surface area (Å²) in [5.74, 6) is 1.88. The molecular formula is C13H13N3O2S. The summed E-state index contributed by atoms with van der Waals surface area (Å²) in [6.45, 7) is 0. The lowest BCUT2D eigenvalue weighted by molar-refractivity contribution is -0.113. The van der Waals surface area contributed by atoms with Crippen molar-refractivity contribution in [3.8, 4) is 5.75 Å². The molecule has 3 rings (SSSR count). The molecule has 19 heavy (non-hydrogen) atoms. The number of amides is 1. The number of thioether (sulfide) groups is 1. The molecule has 6 heteroatoms. The number of anilines is 1. The first kappa shape index (κ1) is 12.1. The number of nitrogens with one attached hydrogen (secondary N) is 2. The molecule has 1 aliphatic rings. The van der Waals surface area contributed by atoms with Gasteiger partial charge in [-0.3, -0.25) is 9.89 Å². The molecule has 1 atom stereocenters. The monoisotopic (exact) mass is 275 g/mol. The van der Waals surface area contributed by atoms with Crippen molar-refractivity contribution in [1.82, 2.24) is 10.2 Å². The van der Waals surface area contributed by atoms with Crippen LogP contribution in [0.4, 0.5) is 5.82 Å². The number of fused-ring (bicyclic) bond motifs is 1. The number of aromatic nitrogens is 2. The second kappa shape index (κ2) is 4.97. The Labute approximate surface area is 114 Å². The highest BCUT2D eigenvalue weighted by Crippen LogP contribution is 2.43. The van der Waals surface area contributed by atoms with E-state index >= 15 is 0 Å². The van der Waals surface area contributed by atoms with Gasteiger partial charge in [0.1, 0.15) is 11.6 Å². The Bertz CT molecular complexity index is 611. The topological polar surface area (TPSA) is 67.0 Å². The Morgan fingerprint density at radius 2 is 2.21 bits per heavy atom. The van der Waals surface area contributed by atoms with Gasteiger partial charge in [0.15, 0.2) is 0 Å². The van der Waals surface area contributed by atoms with E-state index in [1.54, 1.807) is 25.1 Å². The maximum atomic E-state index is 11.7. The Morgan fingerprint density at radius 3 is 3.05 bits per heavy atom. The molecule has 0 spiro atoms. The van der Waals surface area contributed by atoms with Gasteiger partial charge in [-0.1, -0.05) is 18.2 Å². The lowest BCUT2D eigenvalue weighted by atomic mass is 10.1. The van der Waals surface area contributed by atoms with Crippen molar-refractivity contribution >= 4 is 23.5 Å². The SMILES string of the molecule is COc1ccccc1[C@H]1SCC(=O)Nc2[nH]ncc21. The molecule has 1 amide bonds. The standard InChI is InChI=1S/C13H13N3O2S/c1-18-10-5-3-2-4-8(10)12-9-6-14-16-13(9)15-11(17)7-19-12/h2-6,12H,7H2,1H3,(H2,14,15,16,17)/t12-/m1/s1. The van der Waals surface area contributed by atoms with Crippen molar-refractivity contribution < 1.29 is 9.53 Å². The number of hydrogen-bond acceptors (Lipinski definition) is 4. The first-order chi connectivity index (χ1) is 9.29. The third-order valence-electron chi connectivity index (χ3n) is 3.02. The molecule has 1 aromatic carbocycles. The van der Waals surface area contributed by atoms with Gasteiger partial charge in [0.2, 0.25) is 5.91 Å². The Balaban J connectivity index is 2.08. The molecular weight excluding hydrogens is 262 g/mol. The smallest absolute Gasteiger partial charge is 0.235 e.